The van der Waals surface area contributed by atoms with Crippen molar-refractivity contribution in [3.8, 4) is 11.3 Å². The summed E-state index contributed by atoms with van der Waals surface area (Å²) in [6.45, 7) is 0. The van der Waals surface area contributed by atoms with Crippen molar-refractivity contribution in [1.82, 2.24) is 14.5 Å². The molecule has 0 aliphatic rings. The molecule has 0 amide bonds. The number of hydrazone groups is 1. The van der Waals surface area contributed by atoms with Crippen LogP contribution in [-0.4, -0.2) is 20.7 Å². The zero-order valence-corrected chi connectivity index (χ0v) is 17.9. The summed E-state index contributed by atoms with van der Waals surface area (Å²) in [5.41, 5.74) is 8.11. The molecule has 0 unspecified atom stereocenters. The maximum Gasteiger partial charge on any atom is 0.203 e. The maximum absolute atomic E-state index is 4.59. The van der Waals surface area contributed by atoms with Crippen molar-refractivity contribution in [3.63, 3.8) is 0 Å². The monoisotopic (exact) mass is 461 g/mol. The van der Waals surface area contributed by atoms with E-state index >= 15 is 0 Å². The molecule has 3 aromatic heterocycles. The Morgan fingerprint density at radius 1 is 1.07 bits per heavy atom. The van der Waals surface area contributed by atoms with Crippen molar-refractivity contribution in [2.75, 3.05) is 5.43 Å². The second kappa shape index (κ2) is 7.42. The van der Waals surface area contributed by atoms with Gasteiger partial charge >= 0.3 is 0 Å². The van der Waals surface area contributed by atoms with Gasteiger partial charge in [0, 0.05) is 38.8 Å². The molecule has 5 rings (SSSR count). The number of aryl methyl sites for hydroxylation is 1. The van der Waals surface area contributed by atoms with E-state index in [2.05, 4.69) is 78.4 Å². The fraction of sp³-hybridized carbons (Fsp3) is 0.0455. The normalized spacial score (nSPS) is 11.7. The summed E-state index contributed by atoms with van der Waals surface area (Å²) in [5.74, 6) is 0. The van der Waals surface area contributed by atoms with Crippen molar-refractivity contribution < 1.29 is 0 Å². The molecule has 0 aliphatic heterocycles. The van der Waals surface area contributed by atoms with Gasteiger partial charge in [0.25, 0.3) is 0 Å². The summed E-state index contributed by atoms with van der Waals surface area (Å²) < 4.78 is 3.21. The largest absolute Gasteiger partial charge is 0.342 e. The average molecular weight is 462 g/mol. The summed E-state index contributed by atoms with van der Waals surface area (Å²) in [5, 5.41) is 9.47. The number of nitrogens with zero attached hydrogens (tertiary/aromatic N) is 4. The highest BCUT2D eigenvalue weighted by Crippen LogP contribution is 2.28. The zero-order chi connectivity index (χ0) is 19.8. The first-order valence-corrected chi connectivity index (χ1v) is 10.7. The predicted octanol–water partition coefficient (Wildman–Crippen LogP) is 6.06. The number of thiazole rings is 1. The molecular weight excluding hydrogens is 446 g/mol. The first-order valence-electron chi connectivity index (χ1n) is 9.03. The molecule has 2 aromatic carbocycles. The van der Waals surface area contributed by atoms with Crippen molar-refractivity contribution in [2.24, 2.45) is 12.1 Å². The first kappa shape index (κ1) is 18.0. The van der Waals surface area contributed by atoms with Gasteiger partial charge in [-0.2, -0.15) is 5.10 Å². The van der Waals surface area contributed by atoms with Crippen LogP contribution in [0, 0.1) is 0 Å². The molecule has 5 aromatic rings. The number of hydrogen-bond acceptors (Lipinski definition) is 5. The van der Waals surface area contributed by atoms with Gasteiger partial charge in [-0.3, -0.25) is 10.4 Å². The molecule has 0 atom stereocenters. The van der Waals surface area contributed by atoms with Gasteiger partial charge in [-0.1, -0.05) is 46.3 Å². The minimum absolute atomic E-state index is 0.741. The average Bonchev–Trinajstić information content (AvgIpc) is 3.33. The van der Waals surface area contributed by atoms with E-state index in [1.54, 1.807) is 6.21 Å². The Balaban J connectivity index is 1.37. The highest BCUT2D eigenvalue weighted by Gasteiger charge is 2.08. The highest BCUT2D eigenvalue weighted by atomic mass is 79.9. The van der Waals surface area contributed by atoms with E-state index in [1.807, 2.05) is 35.8 Å². The zero-order valence-electron chi connectivity index (χ0n) is 15.5. The van der Waals surface area contributed by atoms with Gasteiger partial charge in [-0.15, -0.1) is 11.3 Å². The molecule has 0 aliphatic carbocycles. The van der Waals surface area contributed by atoms with Gasteiger partial charge in [0.05, 0.1) is 29.3 Å². The van der Waals surface area contributed by atoms with Crippen LogP contribution in [0.4, 0.5) is 5.13 Å². The number of nitrogens with one attached hydrogen (secondary N) is 1. The Labute approximate surface area is 179 Å². The van der Waals surface area contributed by atoms with Crippen LogP contribution in [0.15, 0.2) is 75.7 Å². The Hall–Kier alpha value is -3.03. The van der Waals surface area contributed by atoms with Crippen LogP contribution in [0.5, 0.6) is 0 Å². The van der Waals surface area contributed by atoms with E-state index in [0.717, 1.165) is 32.1 Å². The lowest BCUT2D eigenvalue weighted by Gasteiger charge is -1.98. The number of hydrogen-bond donors (Lipinski definition) is 1. The number of rotatable bonds is 4. The SMILES string of the molecule is Cn1c2ccccc2c2cc(/C=N/Nc3nc(-c4ccc(Br)cc4)cs3)ncc21. The molecular formula is C22H16BrN5S. The predicted molar refractivity (Wildman–Crippen MR) is 125 cm³/mol. The molecule has 29 heavy (non-hydrogen) atoms. The molecule has 142 valence electrons. The summed E-state index contributed by atoms with van der Waals surface area (Å²) in [6, 6.07) is 18.5. The van der Waals surface area contributed by atoms with E-state index in [9.17, 15) is 0 Å². The summed E-state index contributed by atoms with van der Waals surface area (Å²) >= 11 is 4.97. The number of pyridine rings is 1. The molecule has 3 heterocycles. The quantitative estimate of drug-likeness (QED) is 0.261. The molecule has 0 radical (unpaired) electrons. The highest BCUT2D eigenvalue weighted by molar-refractivity contribution is 9.10. The van der Waals surface area contributed by atoms with Crippen LogP contribution >= 0.6 is 27.3 Å². The van der Waals surface area contributed by atoms with Crippen molar-refractivity contribution in [1.29, 1.82) is 0 Å². The Morgan fingerprint density at radius 2 is 1.90 bits per heavy atom. The molecule has 0 spiro atoms. The topological polar surface area (TPSA) is 55.1 Å². The third-order valence-corrected chi connectivity index (χ3v) is 6.10. The van der Waals surface area contributed by atoms with E-state index in [-0.39, 0.29) is 0 Å². The van der Waals surface area contributed by atoms with Crippen LogP contribution in [0.2, 0.25) is 0 Å². The third kappa shape index (κ3) is 3.43. The van der Waals surface area contributed by atoms with Crippen LogP contribution in [0.25, 0.3) is 33.1 Å². The van der Waals surface area contributed by atoms with Gasteiger partial charge in [-0.05, 0) is 24.3 Å². The lowest BCUT2D eigenvalue weighted by Crippen LogP contribution is -1.93. The molecule has 0 fully saturated rings. The molecule has 0 saturated heterocycles. The number of benzene rings is 2. The summed E-state index contributed by atoms with van der Waals surface area (Å²) in [6.07, 6.45) is 3.62. The molecule has 7 heteroatoms. The van der Waals surface area contributed by atoms with E-state index < -0.39 is 0 Å². The minimum atomic E-state index is 0.741. The molecule has 0 saturated carbocycles. The van der Waals surface area contributed by atoms with Crippen LogP contribution in [0.3, 0.4) is 0 Å². The van der Waals surface area contributed by atoms with Crippen LogP contribution in [0.1, 0.15) is 5.69 Å². The standard InChI is InChI=1S/C22H16BrN5S/c1-28-20-5-3-2-4-17(20)18-10-16(24-12-21(18)28)11-25-27-22-26-19(13-29-22)14-6-8-15(23)9-7-14/h2-13H,1H3,(H,26,27)/b25-11+. The van der Waals surface area contributed by atoms with Crippen molar-refractivity contribution in [2.45, 2.75) is 0 Å². The summed E-state index contributed by atoms with van der Waals surface area (Å²) in [4.78, 5) is 9.11. The van der Waals surface area contributed by atoms with Crippen LogP contribution in [-0.2, 0) is 7.05 Å². The Morgan fingerprint density at radius 3 is 2.76 bits per heavy atom. The van der Waals surface area contributed by atoms with Gasteiger partial charge in [-0.25, -0.2) is 4.98 Å². The molecule has 0 bridgehead atoms. The lowest BCUT2D eigenvalue weighted by atomic mass is 10.2. The molecule has 1 N–H and O–H groups in total. The van der Waals surface area contributed by atoms with Gasteiger partial charge in [0.1, 0.15) is 0 Å². The second-order valence-electron chi connectivity index (χ2n) is 6.62. The number of fused-ring (bicyclic) bond motifs is 3. The number of para-hydroxylation sites is 1. The Kier molecular flexibility index (Phi) is 4.61. The van der Waals surface area contributed by atoms with Gasteiger partial charge in [0.2, 0.25) is 5.13 Å². The smallest absolute Gasteiger partial charge is 0.203 e. The second-order valence-corrected chi connectivity index (χ2v) is 8.39. The fourth-order valence-electron chi connectivity index (χ4n) is 3.37. The van der Waals surface area contributed by atoms with Gasteiger partial charge < -0.3 is 4.57 Å². The first-order chi connectivity index (χ1) is 14.2. The van der Waals surface area contributed by atoms with E-state index in [0.29, 0.717) is 0 Å². The molecule has 5 nitrogen and oxygen atoms in total. The van der Waals surface area contributed by atoms with Gasteiger partial charge in [0.15, 0.2) is 0 Å². The summed E-state index contributed by atoms with van der Waals surface area (Å²) in [7, 11) is 2.06. The van der Waals surface area contributed by atoms with Crippen LogP contribution < -0.4 is 5.43 Å². The Bertz CT molecular complexity index is 1350. The fourth-order valence-corrected chi connectivity index (χ4v) is 4.31. The maximum atomic E-state index is 4.59. The van der Waals surface area contributed by atoms with E-state index in [1.165, 1.54) is 27.6 Å². The number of anilines is 1. The van der Waals surface area contributed by atoms with E-state index in [4.69, 9.17) is 0 Å². The minimum Gasteiger partial charge on any atom is -0.342 e. The van der Waals surface area contributed by atoms with Crippen molar-refractivity contribution in [3.05, 3.63) is 76.3 Å². The van der Waals surface area contributed by atoms with Crippen molar-refractivity contribution >= 4 is 60.4 Å². The third-order valence-electron chi connectivity index (χ3n) is 4.82. The number of aromatic nitrogens is 3. The number of halogens is 1. The lowest BCUT2D eigenvalue weighted by molar-refractivity contribution is 1.01.